The second-order valence-electron chi connectivity index (χ2n) is 7.68. The minimum atomic E-state index is 0.0663. The van der Waals surface area contributed by atoms with Crippen molar-refractivity contribution in [3.05, 3.63) is 30.0 Å². The molecule has 0 spiro atoms. The Bertz CT molecular complexity index is 823. The summed E-state index contributed by atoms with van der Waals surface area (Å²) in [4.78, 5) is 16.5. The standard InChI is InChI=1S/C21H28N4O2S/c1-13-9-17(26-4)10-20(22-13)27-12-16-7-8-25(11-16)14(2)18-5-6-19-21(24-18)23-15(3)28-19/h5-6,9-10,14,16,19,21H,7-8,11-12H2,1-4H3. The van der Waals surface area contributed by atoms with Gasteiger partial charge >= 0.3 is 0 Å². The number of methoxy groups -OCH3 is 1. The van der Waals surface area contributed by atoms with Gasteiger partial charge in [0.25, 0.3) is 0 Å². The first-order chi connectivity index (χ1) is 13.5. The molecule has 28 heavy (non-hydrogen) atoms. The maximum Gasteiger partial charge on any atom is 0.217 e. The van der Waals surface area contributed by atoms with Gasteiger partial charge < -0.3 is 9.47 Å². The zero-order valence-electron chi connectivity index (χ0n) is 17.0. The lowest BCUT2D eigenvalue weighted by atomic mass is 10.1. The second-order valence-corrected chi connectivity index (χ2v) is 9.05. The number of nitrogens with zero attached hydrogens (tertiary/aromatic N) is 4. The number of aromatic nitrogens is 1. The Morgan fingerprint density at radius 2 is 2.14 bits per heavy atom. The van der Waals surface area contributed by atoms with Crippen LogP contribution in [0, 0.1) is 12.8 Å². The molecule has 0 bridgehead atoms. The molecule has 3 aliphatic rings. The van der Waals surface area contributed by atoms with E-state index in [1.54, 1.807) is 7.11 Å². The number of hydrogen-bond acceptors (Lipinski definition) is 7. The van der Waals surface area contributed by atoms with Gasteiger partial charge in [0.1, 0.15) is 5.75 Å². The number of fused-ring (bicyclic) bond motifs is 1. The fraction of sp³-hybridized carbons (Fsp3) is 0.571. The van der Waals surface area contributed by atoms with Crippen molar-refractivity contribution < 1.29 is 9.47 Å². The van der Waals surface area contributed by atoms with Crippen LogP contribution in [0.25, 0.3) is 0 Å². The van der Waals surface area contributed by atoms with Gasteiger partial charge in [-0.15, -0.1) is 0 Å². The van der Waals surface area contributed by atoms with E-state index < -0.39 is 0 Å². The lowest BCUT2D eigenvalue weighted by Gasteiger charge is -2.27. The Balaban J connectivity index is 1.32. The van der Waals surface area contributed by atoms with E-state index in [4.69, 9.17) is 14.5 Å². The maximum absolute atomic E-state index is 5.97. The fourth-order valence-electron chi connectivity index (χ4n) is 3.97. The molecule has 1 saturated heterocycles. The van der Waals surface area contributed by atoms with Crippen molar-refractivity contribution in [2.45, 2.75) is 44.6 Å². The van der Waals surface area contributed by atoms with Crippen molar-refractivity contribution in [2.75, 3.05) is 26.8 Å². The van der Waals surface area contributed by atoms with Crippen LogP contribution in [0.15, 0.2) is 34.3 Å². The number of likely N-dealkylation sites (tertiary alicyclic amines) is 1. The molecule has 0 amide bonds. The van der Waals surface area contributed by atoms with E-state index in [0.29, 0.717) is 29.7 Å². The summed E-state index contributed by atoms with van der Waals surface area (Å²) in [6, 6.07) is 4.06. The molecule has 4 atom stereocenters. The highest BCUT2D eigenvalue weighted by atomic mass is 32.2. The van der Waals surface area contributed by atoms with E-state index in [1.165, 1.54) is 0 Å². The van der Waals surface area contributed by atoms with Crippen molar-refractivity contribution >= 4 is 22.5 Å². The normalized spacial score (nSPS) is 27.9. The molecule has 6 nitrogen and oxygen atoms in total. The molecule has 4 rings (SSSR count). The minimum absolute atomic E-state index is 0.0663. The predicted octanol–water partition coefficient (Wildman–Crippen LogP) is 3.36. The van der Waals surface area contributed by atoms with Crippen LogP contribution in [0.3, 0.4) is 0 Å². The van der Waals surface area contributed by atoms with Gasteiger partial charge in [0, 0.05) is 36.3 Å². The first-order valence-electron chi connectivity index (χ1n) is 9.88. The fourth-order valence-corrected chi connectivity index (χ4v) is 4.93. The van der Waals surface area contributed by atoms with E-state index in [2.05, 4.69) is 40.9 Å². The van der Waals surface area contributed by atoms with E-state index in [0.717, 1.165) is 41.7 Å². The van der Waals surface area contributed by atoms with Gasteiger partial charge in [-0.05, 0) is 39.8 Å². The molecule has 0 aliphatic carbocycles. The summed E-state index contributed by atoms with van der Waals surface area (Å²) in [5, 5.41) is 1.52. The zero-order valence-corrected chi connectivity index (χ0v) is 17.8. The maximum atomic E-state index is 5.97. The molecule has 4 heterocycles. The van der Waals surface area contributed by atoms with E-state index in [-0.39, 0.29) is 6.17 Å². The van der Waals surface area contributed by atoms with Gasteiger partial charge in [-0.3, -0.25) is 14.9 Å². The summed E-state index contributed by atoms with van der Waals surface area (Å²) in [6.45, 7) is 9.03. The minimum Gasteiger partial charge on any atom is -0.496 e. The average Bonchev–Trinajstić information content (AvgIpc) is 3.30. The van der Waals surface area contributed by atoms with Crippen molar-refractivity contribution in [3.63, 3.8) is 0 Å². The molecule has 3 aliphatic heterocycles. The number of dihydropyridines is 1. The third-order valence-electron chi connectivity index (χ3n) is 5.55. The molecule has 0 N–H and O–H groups in total. The Morgan fingerprint density at radius 1 is 1.29 bits per heavy atom. The summed E-state index contributed by atoms with van der Waals surface area (Å²) in [6.07, 6.45) is 5.65. The summed E-state index contributed by atoms with van der Waals surface area (Å²) in [5.41, 5.74) is 2.05. The van der Waals surface area contributed by atoms with Crippen molar-refractivity contribution in [2.24, 2.45) is 15.9 Å². The van der Waals surface area contributed by atoms with Gasteiger partial charge in [0.05, 0.1) is 29.7 Å². The van der Waals surface area contributed by atoms with Crippen LogP contribution in [-0.4, -0.2) is 64.9 Å². The van der Waals surface area contributed by atoms with Crippen molar-refractivity contribution in [1.82, 2.24) is 9.88 Å². The lowest BCUT2D eigenvalue weighted by molar-refractivity contribution is 0.228. The van der Waals surface area contributed by atoms with Crippen LogP contribution in [0.5, 0.6) is 11.6 Å². The zero-order chi connectivity index (χ0) is 19.7. The predicted molar refractivity (Wildman–Crippen MR) is 115 cm³/mol. The van der Waals surface area contributed by atoms with Crippen LogP contribution in [0.1, 0.15) is 26.0 Å². The average molecular weight is 401 g/mol. The number of hydrogen-bond donors (Lipinski definition) is 0. The lowest BCUT2D eigenvalue weighted by Crippen LogP contribution is -2.39. The quantitative estimate of drug-likeness (QED) is 0.733. The number of ether oxygens (including phenoxy) is 2. The van der Waals surface area contributed by atoms with Crippen LogP contribution in [-0.2, 0) is 0 Å². The molecular weight excluding hydrogens is 372 g/mol. The summed E-state index contributed by atoms with van der Waals surface area (Å²) in [7, 11) is 1.66. The van der Waals surface area contributed by atoms with Crippen LogP contribution < -0.4 is 9.47 Å². The van der Waals surface area contributed by atoms with E-state index in [9.17, 15) is 0 Å². The molecule has 1 aromatic heterocycles. The van der Waals surface area contributed by atoms with Gasteiger partial charge in [0.2, 0.25) is 5.88 Å². The highest BCUT2D eigenvalue weighted by molar-refractivity contribution is 8.14. The highest BCUT2D eigenvalue weighted by Crippen LogP contribution is 2.32. The number of aliphatic imine (C=N–C) groups is 2. The Morgan fingerprint density at radius 3 is 2.96 bits per heavy atom. The van der Waals surface area contributed by atoms with Crippen molar-refractivity contribution in [3.8, 4) is 11.6 Å². The molecule has 1 aromatic rings. The van der Waals surface area contributed by atoms with E-state index in [1.807, 2.05) is 30.8 Å². The molecule has 0 saturated carbocycles. The number of pyridine rings is 1. The molecule has 150 valence electrons. The topological polar surface area (TPSA) is 59.3 Å². The largest absolute Gasteiger partial charge is 0.496 e. The van der Waals surface area contributed by atoms with Crippen molar-refractivity contribution in [1.29, 1.82) is 0 Å². The number of aryl methyl sites for hydroxylation is 1. The third-order valence-corrected chi connectivity index (χ3v) is 6.67. The Hall–Kier alpha value is -1.86. The van der Waals surface area contributed by atoms with Gasteiger partial charge in [-0.25, -0.2) is 4.98 Å². The molecule has 7 heteroatoms. The second kappa shape index (κ2) is 8.25. The molecule has 4 unspecified atom stereocenters. The number of rotatable bonds is 6. The first kappa shape index (κ1) is 19.5. The Kier molecular flexibility index (Phi) is 5.73. The molecule has 0 radical (unpaired) electrons. The molecule has 1 fully saturated rings. The summed E-state index contributed by atoms with van der Waals surface area (Å²) in [5.74, 6) is 1.92. The number of thioether (sulfide) groups is 1. The first-order valence-corrected chi connectivity index (χ1v) is 10.8. The third kappa shape index (κ3) is 4.25. The van der Waals surface area contributed by atoms with Crippen LogP contribution in [0.4, 0.5) is 0 Å². The molecular formula is C21H28N4O2S. The molecule has 0 aromatic carbocycles. The Labute approximate surface area is 171 Å². The van der Waals surface area contributed by atoms with Crippen LogP contribution >= 0.6 is 11.8 Å². The highest BCUT2D eigenvalue weighted by Gasteiger charge is 2.33. The van der Waals surface area contributed by atoms with Crippen LogP contribution in [0.2, 0.25) is 0 Å². The summed E-state index contributed by atoms with van der Waals surface area (Å²) >= 11 is 1.82. The SMILES string of the molecule is COc1cc(C)nc(OCC2CCN(C(C)C3=NC4N=C(C)SC4C=C3)C2)c1. The van der Waals surface area contributed by atoms with E-state index >= 15 is 0 Å². The smallest absolute Gasteiger partial charge is 0.217 e. The van der Waals surface area contributed by atoms with Gasteiger partial charge in [-0.2, -0.15) is 0 Å². The monoisotopic (exact) mass is 400 g/mol. The van der Waals surface area contributed by atoms with Gasteiger partial charge in [-0.1, -0.05) is 17.8 Å². The van der Waals surface area contributed by atoms with Gasteiger partial charge in [0.15, 0.2) is 6.17 Å². The summed E-state index contributed by atoms with van der Waals surface area (Å²) < 4.78 is 11.3.